The molecule has 104 valence electrons. The average molecular weight is 323 g/mol. The van der Waals surface area contributed by atoms with Crippen LogP contribution in [0.4, 0.5) is 0 Å². The molecule has 1 nitrogen and oxygen atoms in total. The minimum atomic E-state index is -0.658. The Morgan fingerprint density at radius 1 is 1.21 bits per heavy atom. The van der Waals surface area contributed by atoms with E-state index in [1.807, 2.05) is 24.3 Å². The number of unbranched alkanes of at least 4 members (excludes halogenated alkanes) is 2. The zero-order chi connectivity index (χ0) is 13.7. The van der Waals surface area contributed by atoms with Gasteiger partial charge in [0.05, 0.1) is 5.60 Å². The molecule has 0 radical (unpaired) electrons. The summed E-state index contributed by atoms with van der Waals surface area (Å²) in [5.41, 5.74) is 1.92. The third-order valence-corrected chi connectivity index (χ3v) is 4.60. The minimum Gasteiger partial charge on any atom is -0.385 e. The molecule has 1 aromatic rings. The van der Waals surface area contributed by atoms with Crippen LogP contribution >= 0.6 is 15.9 Å². The molecule has 1 aromatic carbocycles. The van der Waals surface area contributed by atoms with Gasteiger partial charge in [-0.1, -0.05) is 59.5 Å². The first kappa shape index (κ1) is 14.8. The molecule has 0 spiro atoms. The lowest BCUT2D eigenvalue weighted by Crippen LogP contribution is -2.27. The second-order valence-corrected chi connectivity index (χ2v) is 6.48. The van der Waals surface area contributed by atoms with Crippen LogP contribution in [0.1, 0.15) is 57.4 Å². The predicted molar refractivity (Wildman–Crippen MR) is 84.1 cm³/mol. The number of hydrogen-bond acceptors (Lipinski definition) is 1. The van der Waals surface area contributed by atoms with Gasteiger partial charge in [0.15, 0.2) is 0 Å². The second-order valence-electron chi connectivity index (χ2n) is 5.56. The van der Waals surface area contributed by atoms with Crippen molar-refractivity contribution in [3.63, 3.8) is 0 Å². The predicted octanol–water partition coefficient (Wildman–Crippen LogP) is 5.33. The Balaban J connectivity index is 1.98. The van der Waals surface area contributed by atoms with E-state index >= 15 is 0 Å². The maximum Gasteiger partial charge on any atom is 0.0933 e. The van der Waals surface area contributed by atoms with Crippen LogP contribution in [0.15, 0.2) is 40.4 Å². The first-order chi connectivity index (χ1) is 9.14. The summed E-state index contributed by atoms with van der Waals surface area (Å²) in [4.78, 5) is 0. The summed E-state index contributed by atoms with van der Waals surface area (Å²) in [7, 11) is 0. The molecule has 0 aromatic heterocycles. The number of halogens is 1. The number of allylic oxidation sites excluding steroid dienone is 1. The Bertz CT molecular complexity index is 435. The van der Waals surface area contributed by atoms with Gasteiger partial charge in [-0.2, -0.15) is 0 Å². The van der Waals surface area contributed by atoms with Crippen molar-refractivity contribution in [3.8, 4) is 0 Å². The van der Waals surface area contributed by atoms with Crippen LogP contribution in [0.3, 0.4) is 0 Å². The third-order valence-electron chi connectivity index (χ3n) is 4.07. The summed E-state index contributed by atoms with van der Waals surface area (Å²) in [6, 6.07) is 8.07. The molecule has 1 N–H and O–H groups in total. The number of hydrogen-bond donors (Lipinski definition) is 1. The molecule has 0 heterocycles. The fourth-order valence-corrected chi connectivity index (χ4v) is 3.00. The Morgan fingerprint density at radius 3 is 2.53 bits per heavy atom. The van der Waals surface area contributed by atoms with Crippen LogP contribution in [-0.2, 0) is 5.60 Å². The van der Waals surface area contributed by atoms with E-state index in [0.29, 0.717) is 0 Å². The zero-order valence-electron chi connectivity index (χ0n) is 11.7. The van der Waals surface area contributed by atoms with Gasteiger partial charge in [-0.3, -0.25) is 0 Å². The largest absolute Gasteiger partial charge is 0.385 e. The van der Waals surface area contributed by atoms with E-state index in [0.717, 1.165) is 29.3 Å². The van der Waals surface area contributed by atoms with Crippen molar-refractivity contribution in [1.82, 2.24) is 0 Å². The summed E-state index contributed by atoms with van der Waals surface area (Å²) in [5.74, 6) is 0. The summed E-state index contributed by atoms with van der Waals surface area (Å²) in [6.45, 7) is 2.24. The standard InChI is InChI=1S/C17H23BrO/c1-2-3-4-5-14-10-12-17(19,13-11-14)15-6-8-16(18)9-7-15/h6-10,19H,2-5,11-13H2,1H3. The van der Waals surface area contributed by atoms with Crippen molar-refractivity contribution in [1.29, 1.82) is 0 Å². The molecule has 0 aliphatic heterocycles. The second kappa shape index (κ2) is 6.71. The lowest BCUT2D eigenvalue weighted by atomic mass is 9.79. The molecule has 1 aliphatic carbocycles. The van der Waals surface area contributed by atoms with Gasteiger partial charge in [0.2, 0.25) is 0 Å². The SMILES string of the molecule is CCCCCC1=CCC(O)(c2ccc(Br)cc2)CC1. The van der Waals surface area contributed by atoms with E-state index < -0.39 is 5.60 Å². The Morgan fingerprint density at radius 2 is 1.95 bits per heavy atom. The van der Waals surface area contributed by atoms with Crippen LogP contribution in [0.5, 0.6) is 0 Å². The normalized spacial score (nSPS) is 23.2. The van der Waals surface area contributed by atoms with Crippen molar-refractivity contribution >= 4 is 15.9 Å². The maximum atomic E-state index is 10.8. The molecular formula is C17H23BrO. The van der Waals surface area contributed by atoms with E-state index in [4.69, 9.17) is 0 Å². The van der Waals surface area contributed by atoms with Crippen LogP contribution in [0, 0.1) is 0 Å². The molecule has 0 saturated heterocycles. The zero-order valence-corrected chi connectivity index (χ0v) is 13.2. The van der Waals surface area contributed by atoms with Gasteiger partial charge in [-0.15, -0.1) is 0 Å². The van der Waals surface area contributed by atoms with Crippen molar-refractivity contribution in [3.05, 3.63) is 46.0 Å². The third kappa shape index (κ3) is 3.93. The van der Waals surface area contributed by atoms with Gasteiger partial charge in [0.25, 0.3) is 0 Å². The van der Waals surface area contributed by atoms with Crippen molar-refractivity contribution in [2.24, 2.45) is 0 Å². The van der Waals surface area contributed by atoms with Crippen LogP contribution in [0.2, 0.25) is 0 Å². The summed E-state index contributed by atoms with van der Waals surface area (Å²) >= 11 is 3.44. The first-order valence-corrected chi connectivity index (χ1v) is 8.10. The molecule has 0 saturated carbocycles. The van der Waals surface area contributed by atoms with Crippen LogP contribution in [0.25, 0.3) is 0 Å². The van der Waals surface area contributed by atoms with E-state index in [2.05, 4.69) is 28.9 Å². The fourth-order valence-electron chi connectivity index (χ4n) is 2.74. The first-order valence-electron chi connectivity index (χ1n) is 7.30. The highest BCUT2D eigenvalue weighted by molar-refractivity contribution is 9.10. The Hall–Kier alpha value is -0.600. The highest BCUT2D eigenvalue weighted by Gasteiger charge is 2.30. The summed E-state index contributed by atoms with van der Waals surface area (Å²) in [6.07, 6.45) is 10.0. The van der Waals surface area contributed by atoms with E-state index in [-0.39, 0.29) is 0 Å². The fraction of sp³-hybridized carbons (Fsp3) is 0.529. The lowest BCUT2D eigenvalue weighted by molar-refractivity contribution is 0.0255. The Labute approximate surface area is 124 Å². The van der Waals surface area contributed by atoms with Gasteiger partial charge < -0.3 is 5.11 Å². The minimum absolute atomic E-state index is 0.658. The van der Waals surface area contributed by atoms with Crippen LogP contribution < -0.4 is 0 Å². The lowest BCUT2D eigenvalue weighted by Gasteiger charge is -2.32. The topological polar surface area (TPSA) is 20.2 Å². The van der Waals surface area contributed by atoms with Gasteiger partial charge in [-0.25, -0.2) is 0 Å². The Kier molecular flexibility index (Phi) is 5.23. The van der Waals surface area contributed by atoms with Crippen molar-refractivity contribution in [2.45, 2.75) is 57.5 Å². The summed E-state index contributed by atoms with van der Waals surface area (Å²) in [5, 5.41) is 10.8. The maximum absolute atomic E-state index is 10.8. The van der Waals surface area contributed by atoms with Gasteiger partial charge >= 0.3 is 0 Å². The molecule has 19 heavy (non-hydrogen) atoms. The van der Waals surface area contributed by atoms with Gasteiger partial charge in [0, 0.05) is 4.47 Å². The number of benzene rings is 1. The average Bonchev–Trinajstić information content (AvgIpc) is 2.42. The van der Waals surface area contributed by atoms with Gasteiger partial charge in [-0.05, 0) is 49.8 Å². The molecule has 1 aliphatic rings. The molecule has 1 atom stereocenters. The molecule has 0 amide bonds. The molecule has 2 heteroatoms. The molecule has 0 bridgehead atoms. The quantitative estimate of drug-likeness (QED) is 0.574. The molecule has 0 fully saturated rings. The van der Waals surface area contributed by atoms with Crippen molar-refractivity contribution in [2.75, 3.05) is 0 Å². The van der Waals surface area contributed by atoms with Crippen molar-refractivity contribution < 1.29 is 5.11 Å². The smallest absolute Gasteiger partial charge is 0.0933 e. The van der Waals surface area contributed by atoms with Crippen LogP contribution in [-0.4, -0.2) is 5.11 Å². The summed E-state index contributed by atoms with van der Waals surface area (Å²) < 4.78 is 1.06. The monoisotopic (exact) mass is 322 g/mol. The number of aliphatic hydroxyl groups is 1. The molecular weight excluding hydrogens is 300 g/mol. The molecule has 1 unspecified atom stereocenters. The van der Waals surface area contributed by atoms with E-state index in [1.54, 1.807) is 0 Å². The van der Waals surface area contributed by atoms with Gasteiger partial charge in [0.1, 0.15) is 0 Å². The van der Waals surface area contributed by atoms with E-state index in [9.17, 15) is 5.11 Å². The highest BCUT2D eigenvalue weighted by Crippen LogP contribution is 2.37. The highest BCUT2D eigenvalue weighted by atomic mass is 79.9. The molecule has 2 rings (SSSR count). The van der Waals surface area contributed by atoms with E-state index in [1.165, 1.54) is 31.3 Å². The number of rotatable bonds is 5.